The Morgan fingerprint density at radius 2 is 2.10 bits per heavy atom. The van der Waals surface area contributed by atoms with Crippen molar-refractivity contribution < 1.29 is 9.53 Å². The normalized spacial score (nSPS) is 17.0. The van der Waals surface area contributed by atoms with Crippen LogP contribution in [0.15, 0.2) is 24.3 Å². The molecule has 0 saturated heterocycles. The third kappa shape index (κ3) is 4.96. The second-order valence-electron chi connectivity index (χ2n) is 5.67. The fourth-order valence-corrected chi connectivity index (χ4v) is 2.73. The lowest BCUT2D eigenvalue weighted by Gasteiger charge is -2.25. The van der Waals surface area contributed by atoms with Crippen LogP contribution in [0, 0.1) is 0 Å². The summed E-state index contributed by atoms with van der Waals surface area (Å²) >= 11 is 0. The summed E-state index contributed by atoms with van der Waals surface area (Å²) in [5.41, 5.74) is 0.909. The first-order chi connectivity index (χ1) is 10.2. The van der Waals surface area contributed by atoms with Gasteiger partial charge in [-0.05, 0) is 38.8 Å². The van der Waals surface area contributed by atoms with Gasteiger partial charge >= 0.3 is 0 Å². The molecular formula is C17H26N2O2. The lowest BCUT2D eigenvalue weighted by Crippen LogP contribution is -2.43. The molecule has 0 radical (unpaired) electrons. The van der Waals surface area contributed by atoms with Crippen molar-refractivity contribution >= 4 is 11.6 Å². The molecule has 1 saturated carbocycles. The van der Waals surface area contributed by atoms with Gasteiger partial charge in [0.1, 0.15) is 11.8 Å². The van der Waals surface area contributed by atoms with Crippen molar-refractivity contribution in [3.63, 3.8) is 0 Å². The molecule has 0 aliphatic heterocycles. The van der Waals surface area contributed by atoms with Gasteiger partial charge in [-0.1, -0.05) is 25.3 Å². The molecule has 21 heavy (non-hydrogen) atoms. The van der Waals surface area contributed by atoms with Crippen molar-refractivity contribution in [3.8, 4) is 5.75 Å². The number of hydrogen-bond acceptors (Lipinski definition) is 3. The van der Waals surface area contributed by atoms with Crippen LogP contribution in [-0.4, -0.2) is 24.6 Å². The average molecular weight is 290 g/mol. The van der Waals surface area contributed by atoms with Crippen LogP contribution < -0.4 is 15.4 Å². The van der Waals surface area contributed by atoms with E-state index in [2.05, 4.69) is 10.6 Å². The Bertz CT molecular complexity index is 456. The van der Waals surface area contributed by atoms with Gasteiger partial charge in [-0.3, -0.25) is 4.79 Å². The molecule has 0 heterocycles. The summed E-state index contributed by atoms with van der Waals surface area (Å²) in [5, 5.41) is 6.38. The highest BCUT2D eigenvalue weighted by Crippen LogP contribution is 2.19. The SMILES string of the molecule is CCOc1cccc(NC(C)C(=O)NC2CCCCC2)c1. The number of ether oxygens (including phenoxy) is 1. The fourth-order valence-electron chi connectivity index (χ4n) is 2.73. The van der Waals surface area contributed by atoms with Gasteiger partial charge in [-0.15, -0.1) is 0 Å². The van der Waals surface area contributed by atoms with E-state index < -0.39 is 0 Å². The molecule has 0 spiro atoms. The Morgan fingerprint density at radius 1 is 1.33 bits per heavy atom. The molecule has 1 amide bonds. The molecule has 4 nitrogen and oxygen atoms in total. The highest BCUT2D eigenvalue weighted by Gasteiger charge is 2.19. The third-order valence-corrected chi connectivity index (χ3v) is 3.87. The van der Waals surface area contributed by atoms with Crippen LogP contribution in [0.5, 0.6) is 5.75 Å². The molecule has 1 fully saturated rings. The molecule has 1 aromatic rings. The summed E-state index contributed by atoms with van der Waals surface area (Å²) in [6, 6.07) is 7.83. The molecule has 1 unspecified atom stereocenters. The minimum Gasteiger partial charge on any atom is -0.494 e. The van der Waals surface area contributed by atoms with E-state index in [0.717, 1.165) is 24.3 Å². The number of benzene rings is 1. The summed E-state index contributed by atoms with van der Waals surface area (Å²) in [6.45, 7) is 4.49. The Kier molecular flexibility index (Phi) is 5.90. The van der Waals surface area contributed by atoms with Crippen LogP contribution in [0.2, 0.25) is 0 Å². The molecule has 1 aromatic carbocycles. The number of rotatable bonds is 6. The Balaban J connectivity index is 1.86. The Labute approximate surface area is 127 Å². The van der Waals surface area contributed by atoms with Gasteiger partial charge < -0.3 is 15.4 Å². The minimum absolute atomic E-state index is 0.0729. The van der Waals surface area contributed by atoms with Crippen molar-refractivity contribution in [2.24, 2.45) is 0 Å². The molecule has 1 aliphatic carbocycles. The maximum Gasteiger partial charge on any atom is 0.242 e. The zero-order valence-corrected chi connectivity index (χ0v) is 13.0. The van der Waals surface area contributed by atoms with E-state index in [9.17, 15) is 4.79 Å². The van der Waals surface area contributed by atoms with Gasteiger partial charge in [0.05, 0.1) is 6.61 Å². The van der Waals surface area contributed by atoms with Crippen molar-refractivity contribution in [1.29, 1.82) is 0 Å². The van der Waals surface area contributed by atoms with E-state index in [1.165, 1.54) is 19.3 Å². The maximum absolute atomic E-state index is 12.2. The molecule has 0 aromatic heterocycles. The largest absolute Gasteiger partial charge is 0.494 e. The summed E-state index contributed by atoms with van der Waals surface area (Å²) in [7, 11) is 0. The van der Waals surface area contributed by atoms with E-state index in [0.29, 0.717) is 12.6 Å². The highest BCUT2D eigenvalue weighted by atomic mass is 16.5. The molecule has 0 bridgehead atoms. The van der Waals surface area contributed by atoms with Crippen molar-refractivity contribution in [2.45, 2.75) is 58.0 Å². The predicted molar refractivity (Wildman–Crippen MR) is 85.7 cm³/mol. The fraction of sp³-hybridized carbons (Fsp3) is 0.588. The topological polar surface area (TPSA) is 50.4 Å². The van der Waals surface area contributed by atoms with Crippen molar-refractivity contribution in [2.75, 3.05) is 11.9 Å². The Morgan fingerprint density at radius 3 is 2.81 bits per heavy atom. The van der Waals surface area contributed by atoms with E-state index in [1.54, 1.807) is 0 Å². The van der Waals surface area contributed by atoms with E-state index in [4.69, 9.17) is 4.74 Å². The first-order valence-corrected chi connectivity index (χ1v) is 7.99. The number of hydrogen-bond donors (Lipinski definition) is 2. The van der Waals surface area contributed by atoms with Crippen molar-refractivity contribution in [3.05, 3.63) is 24.3 Å². The number of nitrogens with one attached hydrogen (secondary N) is 2. The van der Waals surface area contributed by atoms with E-state index in [-0.39, 0.29) is 11.9 Å². The summed E-state index contributed by atoms with van der Waals surface area (Å²) in [6.07, 6.45) is 5.97. The lowest BCUT2D eigenvalue weighted by atomic mass is 9.95. The third-order valence-electron chi connectivity index (χ3n) is 3.87. The van der Waals surface area contributed by atoms with E-state index in [1.807, 2.05) is 38.1 Å². The quantitative estimate of drug-likeness (QED) is 0.845. The molecule has 2 rings (SSSR count). The van der Waals surface area contributed by atoms with Crippen LogP contribution in [0.25, 0.3) is 0 Å². The lowest BCUT2D eigenvalue weighted by molar-refractivity contribution is -0.122. The van der Waals surface area contributed by atoms with E-state index >= 15 is 0 Å². The van der Waals surface area contributed by atoms with Crippen LogP contribution in [0.1, 0.15) is 46.0 Å². The highest BCUT2D eigenvalue weighted by molar-refractivity contribution is 5.84. The zero-order valence-electron chi connectivity index (χ0n) is 13.0. The van der Waals surface area contributed by atoms with Crippen LogP contribution in [0.3, 0.4) is 0 Å². The average Bonchev–Trinajstić information content (AvgIpc) is 2.49. The molecule has 116 valence electrons. The van der Waals surface area contributed by atoms with Gasteiger partial charge in [0, 0.05) is 17.8 Å². The molecule has 1 aliphatic rings. The van der Waals surface area contributed by atoms with Crippen LogP contribution >= 0.6 is 0 Å². The summed E-state index contributed by atoms with van der Waals surface area (Å²) in [4.78, 5) is 12.2. The molecule has 1 atom stereocenters. The minimum atomic E-state index is -0.246. The van der Waals surface area contributed by atoms with Crippen LogP contribution in [-0.2, 0) is 4.79 Å². The number of carbonyl (C=O) groups excluding carboxylic acids is 1. The van der Waals surface area contributed by atoms with Gasteiger partial charge in [-0.2, -0.15) is 0 Å². The van der Waals surface area contributed by atoms with Gasteiger partial charge in [0.15, 0.2) is 0 Å². The van der Waals surface area contributed by atoms with Gasteiger partial charge in [0.2, 0.25) is 5.91 Å². The second-order valence-corrected chi connectivity index (χ2v) is 5.67. The molecule has 4 heteroatoms. The standard InChI is InChI=1S/C17H26N2O2/c1-3-21-16-11-7-10-15(12-16)18-13(2)17(20)19-14-8-5-4-6-9-14/h7,10-14,18H,3-6,8-9H2,1-2H3,(H,19,20). The van der Waals surface area contributed by atoms with Gasteiger partial charge in [0.25, 0.3) is 0 Å². The first kappa shape index (κ1) is 15.7. The summed E-state index contributed by atoms with van der Waals surface area (Å²) in [5.74, 6) is 0.895. The molecule has 2 N–H and O–H groups in total. The van der Waals surface area contributed by atoms with Gasteiger partial charge in [-0.25, -0.2) is 0 Å². The molecular weight excluding hydrogens is 264 g/mol. The second kappa shape index (κ2) is 7.91. The van der Waals surface area contributed by atoms with Crippen molar-refractivity contribution in [1.82, 2.24) is 5.32 Å². The van der Waals surface area contributed by atoms with Crippen LogP contribution in [0.4, 0.5) is 5.69 Å². The Hall–Kier alpha value is -1.71. The number of anilines is 1. The maximum atomic E-state index is 12.2. The predicted octanol–water partition coefficient (Wildman–Crippen LogP) is 3.33. The zero-order chi connectivity index (χ0) is 15.1. The number of amides is 1. The monoisotopic (exact) mass is 290 g/mol. The first-order valence-electron chi connectivity index (χ1n) is 7.99. The number of carbonyl (C=O) groups is 1. The smallest absolute Gasteiger partial charge is 0.242 e. The summed E-state index contributed by atoms with van der Waals surface area (Å²) < 4.78 is 5.47.